The van der Waals surface area contributed by atoms with E-state index >= 15 is 0 Å². The van der Waals surface area contributed by atoms with Gasteiger partial charge in [0.1, 0.15) is 17.4 Å². The summed E-state index contributed by atoms with van der Waals surface area (Å²) in [5.41, 5.74) is 0.149. The molecule has 0 spiro atoms. The molecule has 0 N–H and O–H groups in total. The normalized spacial score (nSPS) is 10.3. The zero-order valence-electron chi connectivity index (χ0n) is 8.72. The molecule has 1 nitrogen and oxygen atoms in total. The van der Waals surface area contributed by atoms with Gasteiger partial charge in [0.05, 0.1) is 0 Å². The highest BCUT2D eigenvalue weighted by Gasteiger charge is 2.08. The Bertz CT molecular complexity index is 347. The molecule has 0 radical (unpaired) electrons. The van der Waals surface area contributed by atoms with Gasteiger partial charge in [0.25, 0.3) is 0 Å². The molecule has 0 bridgehead atoms. The fourth-order valence-electron chi connectivity index (χ4n) is 1.35. The Labute approximate surface area is 88.1 Å². The zero-order chi connectivity index (χ0) is 11.3. The molecule has 0 aliphatic carbocycles. The third kappa shape index (κ3) is 3.78. The monoisotopic (exact) mass is 212 g/mol. The average molecular weight is 212 g/mol. The predicted octanol–water partition coefficient (Wildman–Crippen LogP) is 3.27. The van der Waals surface area contributed by atoms with Crippen molar-refractivity contribution in [3.05, 3.63) is 35.4 Å². The average Bonchev–Trinajstić information content (AvgIpc) is 2.20. The molecule has 0 unspecified atom stereocenters. The molecule has 0 atom stereocenters. The summed E-state index contributed by atoms with van der Waals surface area (Å²) in [5, 5.41) is 0. The molecule has 82 valence electrons. The van der Waals surface area contributed by atoms with Crippen LogP contribution in [0.4, 0.5) is 8.78 Å². The Balaban J connectivity index is 2.63. The molecule has 0 aromatic heterocycles. The molecular weight excluding hydrogens is 198 g/mol. The van der Waals surface area contributed by atoms with E-state index in [-0.39, 0.29) is 17.8 Å². The van der Waals surface area contributed by atoms with E-state index in [0.29, 0.717) is 6.42 Å². The van der Waals surface area contributed by atoms with Crippen molar-refractivity contribution in [2.45, 2.75) is 32.6 Å². The number of halogens is 2. The van der Waals surface area contributed by atoms with E-state index in [0.717, 1.165) is 31.0 Å². The Morgan fingerprint density at radius 3 is 2.73 bits per heavy atom. The van der Waals surface area contributed by atoms with Crippen LogP contribution >= 0.6 is 0 Å². The highest BCUT2D eigenvalue weighted by atomic mass is 19.1. The molecule has 3 heteroatoms. The number of carbonyl (C=O) groups excluding carboxylic acids is 1. The number of ketones is 1. The lowest BCUT2D eigenvalue weighted by Gasteiger charge is -2.02. The van der Waals surface area contributed by atoms with Crippen LogP contribution in [0.2, 0.25) is 0 Å². The second-order valence-electron chi connectivity index (χ2n) is 3.55. The first-order chi connectivity index (χ1) is 7.13. The van der Waals surface area contributed by atoms with Gasteiger partial charge in [-0.25, -0.2) is 8.78 Å². The van der Waals surface area contributed by atoms with Crippen molar-refractivity contribution in [3.8, 4) is 0 Å². The van der Waals surface area contributed by atoms with Crippen LogP contribution in [0.15, 0.2) is 18.2 Å². The van der Waals surface area contributed by atoms with Crippen molar-refractivity contribution in [2.24, 2.45) is 0 Å². The van der Waals surface area contributed by atoms with E-state index in [2.05, 4.69) is 0 Å². The molecule has 0 saturated carbocycles. The van der Waals surface area contributed by atoms with Crippen LogP contribution in [0, 0.1) is 11.6 Å². The summed E-state index contributed by atoms with van der Waals surface area (Å²) in [4.78, 5) is 11.3. The summed E-state index contributed by atoms with van der Waals surface area (Å²) in [7, 11) is 0. The number of unbranched alkanes of at least 4 members (excludes halogenated alkanes) is 1. The van der Waals surface area contributed by atoms with E-state index < -0.39 is 11.6 Å². The van der Waals surface area contributed by atoms with Crippen LogP contribution in [0.1, 0.15) is 31.7 Å². The van der Waals surface area contributed by atoms with Crippen molar-refractivity contribution in [1.29, 1.82) is 0 Å². The van der Waals surface area contributed by atoms with Crippen LogP contribution in [-0.2, 0) is 11.2 Å². The zero-order valence-corrected chi connectivity index (χ0v) is 8.72. The fraction of sp³-hybridized carbons (Fsp3) is 0.417. The lowest BCUT2D eigenvalue weighted by molar-refractivity contribution is -0.118. The molecule has 0 heterocycles. The Hall–Kier alpha value is -1.25. The van der Waals surface area contributed by atoms with Crippen LogP contribution < -0.4 is 0 Å². The van der Waals surface area contributed by atoms with Gasteiger partial charge >= 0.3 is 0 Å². The van der Waals surface area contributed by atoms with Gasteiger partial charge in [0.15, 0.2) is 0 Å². The van der Waals surface area contributed by atoms with Gasteiger partial charge in [0, 0.05) is 12.8 Å². The van der Waals surface area contributed by atoms with Crippen LogP contribution in [0.3, 0.4) is 0 Å². The molecule has 1 aromatic carbocycles. The number of rotatable bonds is 5. The van der Waals surface area contributed by atoms with E-state index in [1.807, 2.05) is 6.92 Å². The Morgan fingerprint density at radius 1 is 1.33 bits per heavy atom. The first-order valence-corrected chi connectivity index (χ1v) is 5.09. The summed E-state index contributed by atoms with van der Waals surface area (Å²) in [6.45, 7) is 1.98. The summed E-state index contributed by atoms with van der Waals surface area (Å²) >= 11 is 0. The van der Waals surface area contributed by atoms with Gasteiger partial charge in [-0.15, -0.1) is 0 Å². The smallest absolute Gasteiger partial charge is 0.137 e. The molecule has 1 aromatic rings. The maximum Gasteiger partial charge on any atom is 0.137 e. The van der Waals surface area contributed by atoms with Crippen molar-refractivity contribution >= 4 is 5.78 Å². The number of hydrogen-bond acceptors (Lipinski definition) is 1. The van der Waals surface area contributed by atoms with Crippen LogP contribution in [-0.4, -0.2) is 5.78 Å². The molecular formula is C12H14F2O. The van der Waals surface area contributed by atoms with Gasteiger partial charge in [-0.05, 0) is 30.2 Å². The fourth-order valence-corrected chi connectivity index (χ4v) is 1.35. The standard InChI is InChI=1S/C12H14F2O/c1-2-3-4-11(15)8-9-7-10(13)5-6-12(9)14/h5-7H,2-4,8H2,1H3. The van der Waals surface area contributed by atoms with Crippen LogP contribution in [0.25, 0.3) is 0 Å². The van der Waals surface area contributed by atoms with E-state index in [4.69, 9.17) is 0 Å². The number of benzene rings is 1. The van der Waals surface area contributed by atoms with Crippen molar-refractivity contribution in [3.63, 3.8) is 0 Å². The number of Topliss-reactive ketones (excluding diaryl/α,β-unsaturated/α-hetero) is 1. The van der Waals surface area contributed by atoms with Gasteiger partial charge in [-0.2, -0.15) is 0 Å². The van der Waals surface area contributed by atoms with E-state index in [9.17, 15) is 13.6 Å². The summed E-state index contributed by atoms with van der Waals surface area (Å²) in [5.74, 6) is -1.06. The SMILES string of the molecule is CCCCC(=O)Cc1cc(F)ccc1F. The van der Waals surface area contributed by atoms with Crippen molar-refractivity contribution in [2.75, 3.05) is 0 Å². The second kappa shape index (κ2) is 5.59. The summed E-state index contributed by atoms with van der Waals surface area (Å²) < 4.78 is 25.9. The van der Waals surface area contributed by atoms with Crippen molar-refractivity contribution in [1.82, 2.24) is 0 Å². The minimum atomic E-state index is -0.513. The van der Waals surface area contributed by atoms with E-state index in [1.165, 1.54) is 0 Å². The first-order valence-electron chi connectivity index (χ1n) is 5.09. The van der Waals surface area contributed by atoms with Gasteiger partial charge in [-0.1, -0.05) is 13.3 Å². The third-order valence-corrected chi connectivity index (χ3v) is 2.20. The highest BCUT2D eigenvalue weighted by Crippen LogP contribution is 2.12. The summed E-state index contributed by atoms with van der Waals surface area (Å²) in [6, 6.07) is 3.19. The topological polar surface area (TPSA) is 17.1 Å². The summed E-state index contributed by atoms with van der Waals surface area (Å²) in [6.07, 6.45) is 2.16. The molecule has 0 aliphatic rings. The molecule has 0 fully saturated rings. The van der Waals surface area contributed by atoms with Crippen molar-refractivity contribution < 1.29 is 13.6 Å². The van der Waals surface area contributed by atoms with Gasteiger partial charge < -0.3 is 0 Å². The van der Waals surface area contributed by atoms with Gasteiger partial charge in [-0.3, -0.25) is 4.79 Å². The largest absolute Gasteiger partial charge is 0.299 e. The quantitative estimate of drug-likeness (QED) is 0.732. The lowest BCUT2D eigenvalue weighted by Crippen LogP contribution is -2.04. The molecule has 1 rings (SSSR count). The van der Waals surface area contributed by atoms with Crippen LogP contribution in [0.5, 0.6) is 0 Å². The molecule has 0 amide bonds. The predicted molar refractivity (Wildman–Crippen MR) is 54.6 cm³/mol. The maximum atomic E-state index is 13.1. The lowest BCUT2D eigenvalue weighted by atomic mass is 10.0. The minimum absolute atomic E-state index is 0.0103. The maximum absolute atomic E-state index is 13.1. The minimum Gasteiger partial charge on any atom is -0.299 e. The molecule has 15 heavy (non-hydrogen) atoms. The molecule has 0 aliphatic heterocycles. The molecule has 0 saturated heterocycles. The Kier molecular flexibility index (Phi) is 4.40. The second-order valence-corrected chi connectivity index (χ2v) is 3.55. The number of carbonyl (C=O) groups is 1. The third-order valence-electron chi connectivity index (χ3n) is 2.20. The Morgan fingerprint density at radius 2 is 2.07 bits per heavy atom. The first kappa shape index (κ1) is 11.8. The van der Waals surface area contributed by atoms with E-state index in [1.54, 1.807) is 0 Å². The van der Waals surface area contributed by atoms with Gasteiger partial charge in [0.2, 0.25) is 0 Å². The highest BCUT2D eigenvalue weighted by molar-refractivity contribution is 5.80. The number of hydrogen-bond donors (Lipinski definition) is 0.